The average molecular weight is 1610 g/mol. The molecule has 5 amide bonds. The summed E-state index contributed by atoms with van der Waals surface area (Å²) in [6, 6.07) is 41.9. The molecule has 1 atom stereocenters. The van der Waals surface area contributed by atoms with Gasteiger partial charge in [-0.25, -0.2) is 9.18 Å². The zero-order valence-electron chi connectivity index (χ0n) is 71.0. The van der Waals surface area contributed by atoms with Gasteiger partial charge in [-0.3, -0.25) is 33.7 Å². The SMILES string of the molecule is C.CC(=O)c1ccc(NC(=O)c2cc(C)n(CCCN3CCOCC3)c2C)cc1.CN(C)C(=O)Cn1ccc(-c2c(C3CCCCC3)c3ccc(C(=O)O)cc3n2CC(=O)N(C)C)c1.Cc1ccc(NC(=O)c2cc(-c3ccccc3)n(C3CN4CCC3CC4)c2C)cc1C.Cc1ccc(NC(=O)c2cc(C)n(CCN(C)C)c2C)c(F)c1. The lowest BCUT2D eigenvalue weighted by atomic mass is 9.82. The van der Waals surface area contributed by atoms with Crippen molar-refractivity contribution in [3.05, 3.63) is 230 Å². The maximum absolute atomic E-state index is 13.9. The molecule has 0 radical (unpaired) electrons. The van der Waals surface area contributed by atoms with Crippen LogP contribution >= 0.6 is 0 Å². The number of ketones is 1. The standard InChI is InChI=1S/C27H34N4O4.C27H31N3O.C22H29N3O3.C18H24FN3O.CH4/c1-28(2)23(32)16-30-13-12-20(15-30)26-25(18-8-6-5-7-9-18)21-11-10-19(27(34)35)14-22(21)31(26)17-24(33)29(3)4;1-18-9-10-23(15-19(18)2)28-27(31)24-16-25(21-7-5-4-6-8-21)30(20(24)3)26-17-29-13-11-22(26)12-14-29;1-16-15-21(22(27)23-20-7-5-19(6-8-20)18(3)26)17(2)25(16)10-4-9-24-11-13-28-14-12-24;1-12-6-7-17(16(19)10-12)20-18(23)15-11-13(2)22(14(15)3)9-8-21(4)5;/h10-15,18H,5-9,16-17H2,1-4H3,(H,34,35);4-10,15-16,22,26H,11-14,17H2,1-3H3,(H,28,31);5-8,15H,4,9-14H2,1-3H3,(H,23,27);6-7,10-11H,8-9H2,1-5H3,(H,20,23);1H4. The summed E-state index contributed by atoms with van der Waals surface area (Å²) >= 11 is 0. The molecule has 118 heavy (non-hydrogen) atoms. The minimum atomic E-state index is -0.993. The van der Waals surface area contributed by atoms with E-state index in [1.54, 1.807) is 86.5 Å². The van der Waals surface area contributed by atoms with Crippen molar-refractivity contribution in [1.82, 2.24) is 47.3 Å². The summed E-state index contributed by atoms with van der Waals surface area (Å²) in [6.45, 7) is 28.7. The van der Waals surface area contributed by atoms with Crippen LogP contribution in [-0.2, 0) is 40.5 Å². The van der Waals surface area contributed by atoms with Gasteiger partial charge >= 0.3 is 5.97 Å². The number of nitrogens with zero attached hydrogens (tertiary/aromatic N) is 10. The van der Waals surface area contributed by atoms with Gasteiger partial charge in [0.1, 0.15) is 18.9 Å². The topological polar surface area (TPSA) is 226 Å². The molecule has 5 aromatic carbocycles. The highest BCUT2D eigenvalue weighted by Crippen LogP contribution is 2.46. The summed E-state index contributed by atoms with van der Waals surface area (Å²) in [7, 11) is 10.9. The Bertz CT molecular complexity index is 5190. The van der Waals surface area contributed by atoms with Gasteiger partial charge < -0.3 is 68.2 Å². The van der Waals surface area contributed by atoms with Crippen molar-refractivity contribution >= 4 is 69.3 Å². The molecule has 4 N–H and O–H groups in total. The van der Waals surface area contributed by atoms with Gasteiger partial charge in [0.05, 0.1) is 52.4 Å². The van der Waals surface area contributed by atoms with Crippen LogP contribution in [0.4, 0.5) is 21.5 Å². The number of Topliss-reactive ketones (excluding diaryl/α,β-unsaturated/α-hetero) is 1. The van der Waals surface area contributed by atoms with Crippen LogP contribution < -0.4 is 16.0 Å². The van der Waals surface area contributed by atoms with Crippen LogP contribution in [0, 0.1) is 67.1 Å². The number of aromatic nitrogens is 5. The van der Waals surface area contributed by atoms with Crippen molar-refractivity contribution < 1.29 is 47.8 Å². The van der Waals surface area contributed by atoms with Crippen molar-refractivity contribution in [2.45, 2.75) is 159 Å². The van der Waals surface area contributed by atoms with Crippen LogP contribution in [0.3, 0.4) is 0 Å². The Morgan fingerprint density at radius 1 is 0.559 bits per heavy atom. The largest absolute Gasteiger partial charge is 0.478 e. The number of hydrogen-bond acceptors (Lipinski definition) is 11. The molecule has 4 aliphatic heterocycles. The van der Waals surface area contributed by atoms with Gasteiger partial charge in [0.25, 0.3) is 17.7 Å². The van der Waals surface area contributed by atoms with Crippen molar-refractivity contribution in [2.75, 3.05) is 117 Å². The normalized spacial score (nSPS) is 15.8. The average Bonchev–Trinajstić information content (AvgIpc) is 1.58. The molecule has 5 aromatic heterocycles. The van der Waals surface area contributed by atoms with E-state index in [2.05, 4.69) is 102 Å². The van der Waals surface area contributed by atoms with Crippen LogP contribution in [0.15, 0.2) is 146 Å². The maximum Gasteiger partial charge on any atom is 0.335 e. The molecule has 628 valence electrons. The number of hydrogen-bond donors (Lipinski definition) is 4. The van der Waals surface area contributed by atoms with Crippen molar-refractivity contribution in [2.24, 2.45) is 5.92 Å². The van der Waals surface area contributed by atoms with Gasteiger partial charge in [-0.15, -0.1) is 0 Å². The molecule has 1 saturated carbocycles. The van der Waals surface area contributed by atoms with Crippen LogP contribution in [0.5, 0.6) is 0 Å². The minimum absolute atomic E-state index is 0. The van der Waals surface area contributed by atoms with E-state index in [0.29, 0.717) is 40.3 Å². The third kappa shape index (κ3) is 21.9. The molecule has 1 aliphatic carbocycles. The zero-order chi connectivity index (χ0) is 84.1. The lowest BCUT2D eigenvalue weighted by Crippen LogP contribution is -2.48. The first-order valence-corrected chi connectivity index (χ1v) is 41.1. The Morgan fingerprint density at radius 2 is 1.15 bits per heavy atom. The van der Waals surface area contributed by atoms with E-state index in [9.17, 15) is 43.1 Å². The number of morpholine rings is 1. The quantitative estimate of drug-likeness (QED) is 0.0439. The number of ether oxygens (including phenoxy) is 1. The number of amides is 5. The number of carbonyl (C=O) groups is 7. The first-order chi connectivity index (χ1) is 55.9. The smallest absolute Gasteiger partial charge is 0.335 e. The van der Waals surface area contributed by atoms with Crippen molar-refractivity contribution in [3.8, 4) is 22.5 Å². The summed E-state index contributed by atoms with van der Waals surface area (Å²) < 4.78 is 29.9. The van der Waals surface area contributed by atoms with Crippen molar-refractivity contribution in [3.63, 3.8) is 0 Å². The molecule has 10 aromatic rings. The molecule has 2 bridgehead atoms. The fourth-order valence-electron chi connectivity index (χ4n) is 16.6. The molecule has 23 heteroatoms. The van der Waals surface area contributed by atoms with Gasteiger partial charge in [-0.2, -0.15) is 0 Å². The summed E-state index contributed by atoms with van der Waals surface area (Å²) in [5.74, 6) is -0.882. The fraction of sp³-hybridized carbons (Fsp3) is 0.421. The van der Waals surface area contributed by atoms with Gasteiger partial charge in [0.2, 0.25) is 11.8 Å². The van der Waals surface area contributed by atoms with Crippen molar-refractivity contribution in [1.29, 1.82) is 0 Å². The molecule has 5 fully saturated rings. The summed E-state index contributed by atoms with van der Waals surface area (Å²) in [5.41, 5.74) is 19.1. The van der Waals surface area contributed by atoms with Gasteiger partial charge in [0, 0.05) is 154 Å². The Labute approximate surface area is 695 Å². The molecule has 4 saturated heterocycles. The molecule has 9 heterocycles. The maximum atomic E-state index is 13.9. The number of nitrogens with one attached hydrogen (secondary N) is 3. The predicted octanol–water partition coefficient (Wildman–Crippen LogP) is 16.9. The number of aryl methyl sites for hydroxylation is 5. The van der Waals surface area contributed by atoms with Crippen LogP contribution in [-0.4, -0.2) is 195 Å². The highest BCUT2D eigenvalue weighted by Gasteiger charge is 2.38. The second kappa shape index (κ2) is 40.5. The summed E-state index contributed by atoms with van der Waals surface area (Å²) in [4.78, 5) is 97.1. The van der Waals surface area contributed by atoms with E-state index >= 15 is 0 Å². The number of anilines is 3. The number of halogens is 1. The molecule has 22 nitrogen and oxygen atoms in total. The number of rotatable bonds is 23. The fourth-order valence-corrected chi connectivity index (χ4v) is 16.6. The first kappa shape index (κ1) is 89.4. The number of carbonyl (C=O) groups excluding carboxylic acids is 6. The van der Waals surface area contributed by atoms with E-state index in [1.165, 1.54) is 67.6 Å². The third-order valence-corrected chi connectivity index (χ3v) is 23.6. The highest BCUT2D eigenvalue weighted by atomic mass is 19.1. The van der Waals surface area contributed by atoms with E-state index in [-0.39, 0.29) is 67.1 Å². The molecular formula is C95H122FN13O9. The van der Waals surface area contributed by atoms with Crippen LogP contribution in [0.2, 0.25) is 0 Å². The lowest BCUT2D eigenvalue weighted by Gasteiger charge is -2.46. The Balaban J connectivity index is 0.000000167. The summed E-state index contributed by atoms with van der Waals surface area (Å²) in [5, 5.41) is 19.4. The van der Waals surface area contributed by atoms with E-state index in [0.717, 1.165) is 164 Å². The highest BCUT2D eigenvalue weighted by molar-refractivity contribution is 6.08. The number of likely N-dealkylation sites (N-methyl/N-ethyl adjacent to an activating group) is 3. The van der Waals surface area contributed by atoms with E-state index in [4.69, 9.17) is 4.74 Å². The Morgan fingerprint density at radius 3 is 1.74 bits per heavy atom. The first-order valence-electron chi connectivity index (χ1n) is 41.1. The molecule has 5 aliphatic rings. The second-order valence-corrected chi connectivity index (χ2v) is 32.6. The Hall–Kier alpha value is -11.0. The number of benzene rings is 5. The van der Waals surface area contributed by atoms with Crippen LogP contribution in [0.1, 0.15) is 180 Å². The second-order valence-electron chi connectivity index (χ2n) is 32.6. The third-order valence-electron chi connectivity index (χ3n) is 23.6. The predicted molar refractivity (Wildman–Crippen MR) is 471 cm³/mol. The molecular weight excluding hydrogens is 1490 g/mol. The lowest BCUT2D eigenvalue weighted by molar-refractivity contribution is -0.130. The van der Waals surface area contributed by atoms with E-state index < -0.39 is 11.8 Å². The Kier molecular flexibility index (Phi) is 30.6. The monoisotopic (exact) mass is 1610 g/mol. The number of fused-ring (bicyclic) bond motifs is 4. The van der Waals surface area contributed by atoms with Gasteiger partial charge in [-0.05, 0) is 246 Å². The number of piperidine rings is 3. The number of aromatic carboxylic acids is 1. The zero-order valence-corrected chi connectivity index (χ0v) is 71.0. The van der Waals surface area contributed by atoms with Gasteiger partial charge in [0.15, 0.2) is 5.78 Å². The molecule has 0 spiro atoms. The number of carboxylic acid groups (broad SMARTS) is 1. The molecule has 15 rings (SSSR count). The number of carboxylic acids is 1. The van der Waals surface area contributed by atoms with Crippen LogP contribution in [0.25, 0.3) is 33.4 Å². The van der Waals surface area contributed by atoms with Gasteiger partial charge in [-0.1, -0.05) is 75.2 Å². The molecule has 1 unspecified atom stereocenters. The summed E-state index contributed by atoms with van der Waals surface area (Å²) in [6.07, 6.45) is 13.0. The van der Waals surface area contributed by atoms with E-state index in [1.807, 2.05) is 113 Å². The minimum Gasteiger partial charge on any atom is -0.478 e.